The molecular formula is C18H18BrN5O3. The number of nitriles is 1. The molecule has 0 spiro atoms. The first-order chi connectivity index (χ1) is 12.9. The molecule has 0 saturated carbocycles. The zero-order valence-corrected chi connectivity index (χ0v) is 16.2. The fraction of sp³-hybridized carbons (Fsp3) is 0.333. The van der Waals surface area contributed by atoms with Crippen molar-refractivity contribution < 1.29 is 14.7 Å². The van der Waals surface area contributed by atoms with Crippen LogP contribution >= 0.6 is 15.9 Å². The number of nitrogens with two attached hydrogens (primary N) is 1. The predicted molar refractivity (Wildman–Crippen MR) is 100 cm³/mol. The number of aromatic nitrogens is 2. The molecule has 27 heavy (non-hydrogen) atoms. The maximum atomic E-state index is 13.0. The zero-order chi connectivity index (χ0) is 19.7. The summed E-state index contributed by atoms with van der Waals surface area (Å²) in [6.45, 7) is 2.62. The highest BCUT2D eigenvalue weighted by Crippen LogP contribution is 2.28. The first-order valence-corrected chi connectivity index (χ1v) is 9.19. The van der Waals surface area contributed by atoms with Crippen LogP contribution in [0.4, 0.5) is 0 Å². The SMILES string of the molecule is C[C@@H]1Cc2nn(CCN)c(C(=O)O)c2CN1C(=O)c1ccc(Br)c(C#N)c1. The maximum Gasteiger partial charge on any atom is 0.354 e. The van der Waals surface area contributed by atoms with Crippen LogP contribution in [0.2, 0.25) is 0 Å². The molecule has 0 unspecified atom stereocenters. The number of carbonyl (C=O) groups is 2. The van der Waals surface area contributed by atoms with E-state index in [-0.39, 0.29) is 30.7 Å². The summed E-state index contributed by atoms with van der Waals surface area (Å²) in [7, 11) is 0. The summed E-state index contributed by atoms with van der Waals surface area (Å²) in [6.07, 6.45) is 0.459. The molecule has 3 rings (SSSR count). The Bertz CT molecular complexity index is 963. The molecule has 140 valence electrons. The molecule has 1 aliphatic heterocycles. The second-order valence-electron chi connectivity index (χ2n) is 6.38. The van der Waals surface area contributed by atoms with E-state index in [2.05, 4.69) is 21.0 Å². The van der Waals surface area contributed by atoms with E-state index in [1.54, 1.807) is 17.0 Å². The summed E-state index contributed by atoms with van der Waals surface area (Å²) in [4.78, 5) is 26.4. The quantitative estimate of drug-likeness (QED) is 0.759. The summed E-state index contributed by atoms with van der Waals surface area (Å²) in [5, 5.41) is 23.2. The molecule has 0 radical (unpaired) electrons. The van der Waals surface area contributed by atoms with E-state index < -0.39 is 5.97 Å². The highest BCUT2D eigenvalue weighted by molar-refractivity contribution is 9.10. The highest BCUT2D eigenvalue weighted by Gasteiger charge is 2.34. The number of carbonyl (C=O) groups excluding carboxylic acids is 1. The van der Waals surface area contributed by atoms with Crippen molar-refractivity contribution in [2.75, 3.05) is 6.54 Å². The van der Waals surface area contributed by atoms with Crippen LogP contribution in [0.1, 0.15) is 44.6 Å². The van der Waals surface area contributed by atoms with Crippen LogP contribution in [0.5, 0.6) is 0 Å². The van der Waals surface area contributed by atoms with Crippen molar-refractivity contribution >= 4 is 27.8 Å². The summed E-state index contributed by atoms with van der Waals surface area (Å²) in [6, 6.07) is 6.73. The average Bonchev–Trinajstić information content (AvgIpc) is 2.98. The minimum Gasteiger partial charge on any atom is -0.477 e. The predicted octanol–water partition coefficient (Wildman–Crippen LogP) is 1.76. The fourth-order valence-corrected chi connectivity index (χ4v) is 3.64. The van der Waals surface area contributed by atoms with E-state index in [0.29, 0.717) is 39.8 Å². The molecule has 0 bridgehead atoms. The molecule has 2 heterocycles. The lowest BCUT2D eigenvalue weighted by atomic mass is 9.98. The number of fused-ring (bicyclic) bond motifs is 1. The van der Waals surface area contributed by atoms with E-state index in [1.165, 1.54) is 10.7 Å². The number of benzene rings is 1. The maximum absolute atomic E-state index is 13.0. The zero-order valence-electron chi connectivity index (χ0n) is 14.6. The Morgan fingerprint density at radius 2 is 2.22 bits per heavy atom. The minimum atomic E-state index is -1.09. The van der Waals surface area contributed by atoms with E-state index in [0.717, 1.165) is 0 Å². The highest BCUT2D eigenvalue weighted by atomic mass is 79.9. The van der Waals surface area contributed by atoms with Crippen LogP contribution in [0.25, 0.3) is 0 Å². The van der Waals surface area contributed by atoms with Crippen LogP contribution in [-0.4, -0.2) is 44.3 Å². The van der Waals surface area contributed by atoms with Crippen LogP contribution < -0.4 is 5.73 Å². The van der Waals surface area contributed by atoms with Gasteiger partial charge in [-0.15, -0.1) is 0 Å². The van der Waals surface area contributed by atoms with E-state index in [1.807, 2.05) is 13.0 Å². The van der Waals surface area contributed by atoms with Crippen molar-refractivity contribution in [2.45, 2.75) is 32.5 Å². The number of carboxylic acids is 1. The van der Waals surface area contributed by atoms with Gasteiger partial charge in [-0.05, 0) is 41.1 Å². The lowest BCUT2D eigenvalue weighted by molar-refractivity contribution is 0.0634. The second kappa shape index (κ2) is 7.50. The fourth-order valence-electron chi connectivity index (χ4n) is 3.30. The first-order valence-electron chi connectivity index (χ1n) is 8.39. The van der Waals surface area contributed by atoms with E-state index in [4.69, 9.17) is 5.73 Å². The monoisotopic (exact) mass is 431 g/mol. The summed E-state index contributed by atoms with van der Waals surface area (Å²) in [5.74, 6) is -1.34. The molecule has 1 atom stereocenters. The molecule has 8 nitrogen and oxygen atoms in total. The molecule has 0 fully saturated rings. The first kappa shape index (κ1) is 19.1. The van der Waals surface area contributed by atoms with Crippen molar-refractivity contribution in [3.05, 3.63) is 50.8 Å². The van der Waals surface area contributed by atoms with E-state index >= 15 is 0 Å². The summed E-state index contributed by atoms with van der Waals surface area (Å²) >= 11 is 3.28. The molecule has 1 amide bonds. The Kier molecular flexibility index (Phi) is 5.30. The molecule has 3 N–H and O–H groups in total. The van der Waals surface area contributed by atoms with Gasteiger partial charge < -0.3 is 15.7 Å². The number of aromatic carboxylic acids is 1. The van der Waals surface area contributed by atoms with Crippen molar-refractivity contribution in [1.82, 2.24) is 14.7 Å². The normalized spacial score (nSPS) is 15.9. The number of nitrogens with zero attached hydrogens (tertiary/aromatic N) is 4. The van der Waals surface area contributed by atoms with Gasteiger partial charge in [0.1, 0.15) is 6.07 Å². The van der Waals surface area contributed by atoms with Gasteiger partial charge in [0.05, 0.1) is 24.3 Å². The topological polar surface area (TPSA) is 125 Å². The Morgan fingerprint density at radius 3 is 2.85 bits per heavy atom. The molecule has 2 aromatic rings. The number of rotatable bonds is 4. The van der Waals surface area contributed by atoms with Gasteiger partial charge in [-0.3, -0.25) is 9.48 Å². The van der Waals surface area contributed by atoms with Crippen LogP contribution in [-0.2, 0) is 19.5 Å². The summed E-state index contributed by atoms with van der Waals surface area (Å²) in [5.41, 5.74) is 7.62. The van der Waals surface area contributed by atoms with Gasteiger partial charge in [-0.2, -0.15) is 10.4 Å². The Morgan fingerprint density at radius 1 is 1.48 bits per heavy atom. The summed E-state index contributed by atoms with van der Waals surface area (Å²) < 4.78 is 2.02. The molecule has 1 aromatic carbocycles. The molecular weight excluding hydrogens is 414 g/mol. The third kappa shape index (κ3) is 3.46. The second-order valence-corrected chi connectivity index (χ2v) is 7.24. The van der Waals surface area contributed by atoms with Gasteiger partial charge in [0.2, 0.25) is 0 Å². The number of hydrogen-bond donors (Lipinski definition) is 2. The minimum absolute atomic E-state index is 0.0775. The van der Waals surface area contributed by atoms with Gasteiger partial charge in [0.25, 0.3) is 5.91 Å². The number of hydrogen-bond acceptors (Lipinski definition) is 5. The Hall–Kier alpha value is -2.70. The van der Waals surface area contributed by atoms with Crippen molar-refractivity contribution in [1.29, 1.82) is 5.26 Å². The number of carboxylic acid groups (broad SMARTS) is 1. The number of halogens is 1. The average molecular weight is 432 g/mol. The molecule has 0 saturated heterocycles. The van der Waals surface area contributed by atoms with Gasteiger partial charge >= 0.3 is 5.97 Å². The van der Waals surface area contributed by atoms with Gasteiger partial charge in [-0.25, -0.2) is 4.79 Å². The number of amides is 1. The van der Waals surface area contributed by atoms with Gasteiger partial charge in [0.15, 0.2) is 5.69 Å². The van der Waals surface area contributed by atoms with Gasteiger partial charge in [0, 0.05) is 34.6 Å². The van der Waals surface area contributed by atoms with Crippen molar-refractivity contribution in [3.63, 3.8) is 0 Å². The standard InChI is InChI=1S/C18H18BrN5O3/c1-10-6-15-13(16(18(26)27)24(22-15)5-4-20)9-23(10)17(25)11-2-3-14(19)12(7-11)8-21/h2-3,7,10H,4-6,9,20H2,1H3,(H,26,27)/t10-/m1/s1. The lowest BCUT2D eigenvalue weighted by Gasteiger charge is -2.33. The molecule has 1 aromatic heterocycles. The molecule has 0 aliphatic carbocycles. The van der Waals surface area contributed by atoms with Crippen LogP contribution in [0.15, 0.2) is 22.7 Å². The van der Waals surface area contributed by atoms with Gasteiger partial charge in [-0.1, -0.05) is 0 Å². The lowest BCUT2D eigenvalue weighted by Crippen LogP contribution is -2.42. The third-order valence-corrected chi connectivity index (χ3v) is 5.31. The van der Waals surface area contributed by atoms with E-state index in [9.17, 15) is 20.0 Å². The Labute approximate surface area is 164 Å². The Balaban J connectivity index is 1.98. The molecule has 9 heteroatoms. The van der Waals surface area contributed by atoms with Crippen molar-refractivity contribution in [2.24, 2.45) is 5.73 Å². The smallest absolute Gasteiger partial charge is 0.354 e. The van der Waals surface area contributed by atoms with Crippen LogP contribution in [0.3, 0.4) is 0 Å². The van der Waals surface area contributed by atoms with Crippen LogP contribution in [0, 0.1) is 11.3 Å². The largest absolute Gasteiger partial charge is 0.477 e. The van der Waals surface area contributed by atoms with Crippen molar-refractivity contribution in [3.8, 4) is 6.07 Å². The third-order valence-electron chi connectivity index (χ3n) is 4.62. The molecule has 1 aliphatic rings.